The highest BCUT2D eigenvalue weighted by molar-refractivity contribution is 5.96. The van der Waals surface area contributed by atoms with E-state index in [2.05, 4.69) is 0 Å². The van der Waals surface area contributed by atoms with Crippen LogP contribution in [0.25, 0.3) is 0 Å². The lowest BCUT2D eigenvalue weighted by Gasteiger charge is -2.17. The largest absolute Gasteiger partial charge is 0.507 e. The van der Waals surface area contributed by atoms with Crippen molar-refractivity contribution in [2.24, 2.45) is 0 Å². The molecular weight excluding hydrogens is 308 g/mol. The molecule has 0 bridgehead atoms. The molecule has 1 aromatic carbocycles. The number of ketones is 1. The Morgan fingerprint density at radius 1 is 1.04 bits per heavy atom. The van der Waals surface area contributed by atoms with Crippen molar-refractivity contribution in [2.45, 2.75) is 90.9 Å². The molecule has 2 nitrogen and oxygen atoms in total. The van der Waals surface area contributed by atoms with Gasteiger partial charge in [-0.25, -0.2) is 0 Å². The van der Waals surface area contributed by atoms with Crippen LogP contribution in [0.15, 0.2) is 24.8 Å². The summed E-state index contributed by atoms with van der Waals surface area (Å²) < 4.78 is 6.94. The van der Waals surface area contributed by atoms with Gasteiger partial charge in [-0.3, -0.25) is 4.79 Å². The topological polar surface area (TPSA) is 37.3 Å². The quantitative estimate of drug-likeness (QED) is 0.248. The zero-order valence-electron chi connectivity index (χ0n) is 17.5. The summed E-state index contributed by atoms with van der Waals surface area (Å²) >= 11 is 0. The van der Waals surface area contributed by atoms with E-state index in [9.17, 15) is 9.90 Å². The van der Waals surface area contributed by atoms with Crippen LogP contribution in [-0.2, 0) is 0 Å². The molecule has 1 rings (SSSR count). The van der Waals surface area contributed by atoms with Gasteiger partial charge in [-0.1, -0.05) is 59.5 Å². The van der Waals surface area contributed by atoms with E-state index >= 15 is 0 Å². The van der Waals surface area contributed by atoms with E-state index < -0.39 is 0 Å². The zero-order valence-corrected chi connectivity index (χ0v) is 16.5. The summed E-state index contributed by atoms with van der Waals surface area (Å²) in [6, 6.07) is 3.77. The Morgan fingerprint density at radius 3 is 2.08 bits per heavy atom. The zero-order chi connectivity index (χ0) is 19.5. The van der Waals surface area contributed by atoms with Gasteiger partial charge < -0.3 is 5.11 Å². The Labute approximate surface area is 155 Å². The van der Waals surface area contributed by atoms with E-state index in [0.717, 1.165) is 42.4 Å². The average Bonchev–Trinajstić information content (AvgIpc) is 2.59. The van der Waals surface area contributed by atoms with Crippen molar-refractivity contribution in [2.75, 3.05) is 0 Å². The minimum absolute atomic E-state index is 0.189. The van der Waals surface area contributed by atoms with Crippen LogP contribution < -0.4 is 0 Å². The molecule has 0 aromatic heterocycles. The first-order chi connectivity index (χ1) is 12.4. The van der Waals surface area contributed by atoms with Crippen LogP contribution in [0.4, 0.5) is 0 Å². The number of phenols is 1. The number of unbranched alkanes of at least 4 members (excludes halogenated alkanes) is 6. The molecule has 0 aliphatic heterocycles. The van der Waals surface area contributed by atoms with Crippen molar-refractivity contribution < 1.29 is 11.3 Å². The van der Waals surface area contributed by atoms with E-state index in [-0.39, 0.29) is 17.6 Å². The Bertz CT molecular complexity index is 559. The molecule has 1 N–H and O–H groups in total. The number of phenolic OH excluding ortho intramolecular Hbond substituents is 1. The van der Waals surface area contributed by atoms with Gasteiger partial charge in [0, 0.05) is 12.0 Å². The Hall–Kier alpha value is -1.57. The van der Waals surface area contributed by atoms with Crippen LogP contribution in [0.2, 0.25) is 0 Å². The molecule has 0 radical (unpaired) electrons. The first-order valence-electron chi connectivity index (χ1n) is 10.4. The number of rotatable bonds is 12. The minimum Gasteiger partial charge on any atom is -0.507 e. The SMILES string of the molecule is [3H]C=CCCCCCCCCC(=O)c1cc(C(C)C)c(O)c(C(C)C)c1. The maximum atomic E-state index is 12.6. The summed E-state index contributed by atoms with van der Waals surface area (Å²) in [7, 11) is 0. The van der Waals surface area contributed by atoms with Gasteiger partial charge >= 0.3 is 0 Å². The van der Waals surface area contributed by atoms with Gasteiger partial charge in [0.25, 0.3) is 0 Å². The third kappa shape index (κ3) is 7.05. The minimum atomic E-state index is 0.189. The normalized spacial score (nSPS) is 12.3. The molecule has 0 fully saturated rings. The number of carbonyl (C=O) groups is 1. The standard InChI is InChI=1S/C23H36O2/c1-6-7-8-9-10-11-12-13-14-22(24)19-15-20(17(2)3)23(25)21(16-19)18(4)5/h6,15-18,25H,1,7-14H2,2-5H3/i1T. The van der Waals surface area contributed by atoms with Gasteiger partial charge in [-0.05, 0) is 54.4 Å². The first-order valence-corrected chi connectivity index (χ1v) is 9.81. The van der Waals surface area contributed by atoms with Gasteiger partial charge in [0.05, 0.1) is 1.37 Å². The lowest BCUT2D eigenvalue weighted by molar-refractivity contribution is 0.0979. The van der Waals surface area contributed by atoms with Crippen molar-refractivity contribution in [3.63, 3.8) is 0 Å². The molecular formula is C23H36O2. The number of Topliss-reactive ketones (excluding diaryl/α,β-unsaturated/α-hetero) is 1. The number of carbonyl (C=O) groups excluding carboxylic acids is 1. The molecule has 0 aliphatic carbocycles. The van der Waals surface area contributed by atoms with E-state index in [4.69, 9.17) is 1.37 Å². The second kappa shape index (κ2) is 11.1. The molecule has 25 heavy (non-hydrogen) atoms. The van der Waals surface area contributed by atoms with Crippen molar-refractivity contribution in [1.29, 1.82) is 0 Å². The van der Waals surface area contributed by atoms with Gasteiger partial charge in [-0.15, -0.1) is 6.55 Å². The smallest absolute Gasteiger partial charge is 0.162 e. The average molecular weight is 347 g/mol. The summed E-state index contributed by atoms with van der Waals surface area (Å²) in [5.41, 5.74) is 2.50. The predicted molar refractivity (Wildman–Crippen MR) is 108 cm³/mol. The third-order valence-electron chi connectivity index (χ3n) is 4.76. The second-order valence-corrected chi connectivity index (χ2v) is 7.63. The van der Waals surface area contributed by atoms with Crippen molar-refractivity contribution in [3.05, 3.63) is 41.5 Å². The Kier molecular flexibility index (Phi) is 8.79. The molecule has 0 saturated heterocycles. The molecule has 0 unspecified atom stereocenters. The van der Waals surface area contributed by atoms with E-state index in [1.165, 1.54) is 25.8 Å². The van der Waals surface area contributed by atoms with E-state index in [0.29, 0.717) is 12.2 Å². The number of allylic oxidation sites excluding steroid dienone is 1. The molecule has 140 valence electrons. The molecule has 0 saturated carbocycles. The lowest BCUT2D eigenvalue weighted by Crippen LogP contribution is -2.04. The number of hydrogen-bond acceptors (Lipinski definition) is 2. The molecule has 2 heteroatoms. The molecule has 0 amide bonds. The van der Waals surface area contributed by atoms with Crippen LogP contribution in [0.3, 0.4) is 0 Å². The van der Waals surface area contributed by atoms with Crippen molar-refractivity contribution >= 4 is 5.78 Å². The summed E-state index contributed by atoms with van der Waals surface area (Å²) in [5.74, 6) is 0.941. The summed E-state index contributed by atoms with van der Waals surface area (Å²) in [5, 5.41) is 10.5. The molecule has 0 aliphatic rings. The van der Waals surface area contributed by atoms with Crippen LogP contribution in [-0.4, -0.2) is 10.9 Å². The van der Waals surface area contributed by atoms with Gasteiger partial charge in [0.1, 0.15) is 5.75 Å². The maximum Gasteiger partial charge on any atom is 0.162 e. The number of benzene rings is 1. The van der Waals surface area contributed by atoms with Gasteiger partial charge in [0.2, 0.25) is 0 Å². The summed E-state index contributed by atoms with van der Waals surface area (Å²) in [4.78, 5) is 12.6. The summed E-state index contributed by atoms with van der Waals surface area (Å²) in [6.45, 7) is 9.56. The number of hydrogen-bond donors (Lipinski definition) is 1. The highest BCUT2D eigenvalue weighted by Crippen LogP contribution is 2.35. The van der Waals surface area contributed by atoms with Gasteiger partial charge in [-0.2, -0.15) is 0 Å². The molecule has 0 atom stereocenters. The van der Waals surface area contributed by atoms with E-state index in [1.807, 2.05) is 45.9 Å². The van der Waals surface area contributed by atoms with Crippen LogP contribution in [0.5, 0.6) is 5.75 Å². The van der Waals surface area contributed by atoms with Crippen LogP contribution >= 0.6 is 0 Å². The fourth-order valence-corrected chi connectivity index (χ4v) is 3.12. The van der Waals surface area contributed by atoms with Crippen molar-refractivity contribution in [3.8, 4) is 5.75 Å². The summed E-state index contributed by atoms with van der Waals surface area (Å²) in [6.07, 6.45) is 10.2. The lowest BCUT2D eigenvalue weighted by atomic mass is 9.89. The monoisotopic (exact) mass is 346 g/mol. The second-order valence-electron chi connectivity index (χ2n) is 7.63. The van der Waals surface area contributed by atoms with Gasteiger partial charge in [0.15, 0.2) is 5.78 Å². The Morgan fingerprint density at radius 2 is 1.56 bits per heavy atom. The Balaban J connectivity index is 2.52. The molecule has 1 aromatic rings. The van der Waals surface area contributed by atoms with Crippen LogP contribution in [0, 0.1) is 0 Å². The fourth-order valence-electron chi connectivity index (χ4n) is 3.12. The van der Waals surface area contributed by atoms with Crippen molar-refractivity contribution in [1.82, 2.24) is 0 Å². The van der Waals surface area contributed by atoms with Crippen LogP contribution in [0.1, 0.15) is 114 Å². The third-order valence-corrected chi connectivity index (χ3v) is 4.76. The number of aromatic hydroxyl groups is 1. The highest BCUT2D eigenvalue weighted by atomic mass is 16.3. The maximum absolute atomic E-state index is 12.6. The highest BCUT2D eigenvalue weighted by Gasteiger charge is 2.17. The predicted octanol–water partition coefficient (Wildman–Crippen LogP) is 7.13. The van der Waals surface area contributed by atoms with E-state index in [1.54, 1.807) is 0 Å². The molecule has 0 heterocycles. The first kappa shape index (κ1) is 19.8. The molecule has 0 spiro atoms. The fraction of sp³-hybridized carbons (Fsp3) is 0.609.